The van der Waals surface area contributed by atoms with Gasteiger partial charge in [-0.05, 0) is 43.2 Å². The number of nitrogens with one attached hydrogen (secondary N) is 1. The lowest BCUT2D eigenvalue weighted by Gasteiger charge is -2.41. The molecule has 2 aromatic rings. The standard InChI is InChI=1S/C19H22N2O3/c1-4-12(2)21-18(13-9-10-17(24-3)16(22)11-13)20-15-8-6-5-7-14(15)19(21)23/h5-12,18,20,22H,4H2,1-3H3/t12-,18+/m0/s1. The van der Waals surface area contributed by atoms with E-state index in [0.717, 1.165) is 17.7 Å². The number of carbonyl (C=O) groups excluding carboxylic acids is 1. The van der Waals surface area contributed by atoms with Gasteiger partial charge in [-0.1, -0.05) is 25.1 Å². The van der Waals surface area contributed by atoms with Crippen molar-refractivity contribution in [2.45, 2.75) is 32.5 Å². The maximum atomic E-state index is 13.0. The summed E-state index contributed by atoms with van der Waals surface area (Å²) >= 11 is 0. The first-order valence-electron chi connectivity index (χ1n) is 8.12. The topological polar surface area (TPSA) is 61.8 Å². The predicted molar refractivity (Wildman–Crippen MR) is 93.4 cm³/mol. The van der Waals surface area contributed by atoms with E-state index in [0.29, 0.717) is 11.3 Å². The number of benzene rings is 2. The minimum atomic E-state index is -0.334. The van der Waals surface area contributed by atoms with Crippen LogP contribution in [0.3, 0.4) is 0 Å². The number of methoxy groups -OCH3 is 1. The van der Waals surface area contributed by atoms with E-state index < -0.39 is 0 Å². The Morgan fingerprint density at radius 3 is 2.71 bits per heavy atom. The molecule has 0 unspecified atom stereocenters. The molecular formula is C19H22N2O3. The molecule has 3 rings (SSSR count). The van der Waals surface area contributed by atoms with Crippen molar-refractivity contribution < 1.29 is 14.6 Å². The van der Waals surface area contributed by atoms with Gasteiger partial charge in [0, 0.05) is 11.7 Å². The number of carbonyl (C=O) groups is 1. The molecule has 5 nitrogen and oxygen atoms in total. The largest absolute Gasteiger partial charge is 0.504 e. The Kier molecular flexibility index (Phi) is 4.34. The number of fused-ring (bicyclic) bond motifs is 1. The third-order valence-electron chi connectivity index (χ3n) is 4.55. The summed E-state index contributed by atoms with van der Waals surface area (Å²) in [6.45, 7) is 4.09. The first-order chi connectivity index (χ1) is 11.6. The molecule has 0 saturated carbocycles. The molecule has 5 heteroatoms. The summed E-state index contributed by atoms with van der Waals surface area (Å²) in [5, 5.41) is 13.5. The van der Waals surface area contributed by atoms with Gasteiger partial charge in [0.05, 0.1) is 12.7 Å². The molecule has 0 spiro atoms. The van der Waals surface area contributed by atoms with Gasteiger partial charge < -0.3 is 20.1 Å². The highest BCUT2D eigenvalue weighted by Crippen LogP contribution is 2.37. The van der Waals surface area contributed by atoms with Crippen molar-refractivity contribution in [2.24, 2.45) is 0 Å². The molecule has 0 aliphatic carbocycles. The molecule has 0 fully saturated rings. The number of phenolic OH excluding ortho intramolecular Hbond substituents is 1. The molecule has 2 N–H and O–H groups in total. The maximum Gasteiger partial charge on any atom is 0.258 e. The van der Waals surface area contributed by atoms with Crippen LogP contribution in [0, 0.1) is 0 Å². The molecule has 1 aliphatic rings. The Bertz CT molecular complexity index is 760. The van der Waals surface area contributed by atoms with Crippen LogP contribution in [-0.4, -0.2) is 29.1 Å². The van der Waals surface area contributed by atoms with Gasteiger partial charge in [-0.3, -0.25) is 4.79 Å². The average molecular weight is 326 g/mol. The predicted octanol–water partition coefficient (Wildman–Crippen LogP) is 3.77. The third-order valence-corrected chi connectivity index (χ3v) is 4.55. The summed E-state index contributed by atoms with van der Waals surface area (Å²) in [7, 11) is 1.51. The lowest BCUT2D eigenvalue weighted by molar-refractivity contribution is 0.0593. The Hall–Kier alpha value is -2.69. The lowest BCUT2D eigenvalue weighted by Crippen LogP contribution is -2.47. The molecule has 2 atom stereocenters. The number of ether oxygens (including phenoxy) is 1. The van der Waals surface area contributed by atoms with Gasteiger partial charge >= 0.3 is 0 Å². The molecule has 126 valence electrons. The molecule has 1 heterocycles. The second-order valence-electron chi connectivity index (χ2n) is 5.99. The number of aromatic hydroxyl groups is 1. The molecule has 1 aliphatic heterocycles. The van der Waals surface area contributed by atoms with Gasteiger partial charge in [0.25, 0.3) is 5.91 Å². The van der Waals surface area contributed by atoms with Crippen LogP contribution < -0.4 is 10.1 Å². The highest BCUT2D eigenvalue weighted by molar-refractivity contribution is 6.01. The van der Waals surface area contributed by atoms with Gasteiger partial charge in [0.1, 0.15) is 6.17 Å². The van der Waals surface area contributed by atoms with Crippen LogP contribution >= 0.6 is 0 Å². The zero-order chi connectivity index (χ0) is 17.3. The zero-order valence-electron chi connectivity index (χ0n) is 14.1. The molecule has 0 radical (unpaired) electrons. The quantitative estimate of drug-likeness (QED) is 0.898. The fourth-order valence-electron chi connectivity index (χ4n) is 3.04. The highest BCUT2D eigenvalue weighted by Gasteiger charge is 2.35. The number of hydrogen-bond donors (Lipinski definition) is 2. The number of amides is 1. The van der Waals surface area contributed by atoms with Crippen LogP contribution in [0.2, 0.25) is 0 Å². The molecule has 0 aromatic heterocycles. The monoisotopic (exact) mass is 326 g/mol. The number of rotatable bonds is 4. The van der Waals surface area contributed by atoms with E-state index in [1.165, 1.54) is 7.11 Å². The Balaban J connectivity index is 2.07. The van der Waals surface area contributed by atoms with Crippen LogP contribution in [0.5, 0.6) is 11.5 Å². The molecular weight excluding hydrogens is 304 g/mol. The minimum absolute atomic E-state index is 0.000919. The van der Waals surface area contributed by atoms with Crippen molar-refractivity contribution in [3.63, 3.8) is 0 Å². The second-order valence-corrected chi connectivity index (χ2v) is 5.99. The molecule has 2 aromatic carbocycles. The van der Waals surface area contributed by atoms with Crippen molar-refractivity contribution in [1.29, 1.82) is 0 Å². The minimum Gasteiger partial charge on any atom is -0.504 e. The number of anilines is 1. The maximum absolute atomic E-state index is 13.0. The molecule has 1 amide bonds. The van der Waals surface area contributed by atoms with E-state index in [1.54, 1.807) is 12.1 Å². The van der Waals surface area contributed by atoms with E-state index in [1.807, 2.05) is 42.2 Å². The average Bonchev–Trinajstić information content (AvgIpc) is 2.61. The van der Waals surface area contributed by atoms with Gasteiger partial charge in [-0.2, -0.15) is 0 Å². The van der Waals surface area contributed by atoms with Crippen LogP contribution in [0.1, 0.15) is 42.4 Å². The number of phenols is 1. The lowest BCUT2D eigenvalue weighted by atomic mass is 10.0. The summed E-state index contributed by atoms with van der Waals surface area (Å²) in [5.74, 6) is 0.475. The number of hydrogen-bond acceptors (Lipinski definition) is 4. The highest BCUT2D eigenvalue weighted by atomic mass is 16.5. The van der Waals surface area contributed by atoms with Crippen molar-refractivity contribution in [2.75, 3.05) is 12.4 Å². The Labute approximate surface area is 141 Å². The van der Waals surface area contributed by atoms with Crippen molar-refractivity contribution in [1.82, 2.24) is 4.90 Å². The number of nitrogens with zero attached hydrogens (tertiary/aromatic N) is 1. The third kappa shape index (κ3) is 2.66. The van der Waals surface area contributed by atoms with E-state index in [-0.39, 0.29) is 23.9 Å². The van der Waals surface area contributed by atoms with E-state index >= 15 is 0 Å². The van der Waals surface area contributed by atoms with Crippen LogP contribution in [0.15, 0.2) is 42.5 Å². The fourth-order valence-corrected chi connectivity index (χ4v) is 3.04. The second kappa shape index (κ2) is 6.43. The van der Waals surface area contributed by atoms with Crippen LogP contribution in [0.4, 0.5) is 5.69 Å². The summed E-state index contributed by atoms with van der Waals surface area (Å²) in [6, 6.07) is 12.8. The Morgan fingerprint density at radius 1 is 1.29 bits per heavy atom. The van der Waals surface area contributed by atoms with Crippen LogP contribution in [-0.2, 0) is 0 Å². The number of para-hydroxylation sites is 1. The van der Waals surface area contributed by atoms with Crippen molar-refractivity contribution in [3.8, 4) is 11.5 Å². The molecule has 0 saturated heterocycles. The van der Waals surface area contributed by atoms with Crippen molar-refractivity contribution >= 4 is 11.6 Å². The van der Waals surface area contributed by atoms with Gasteiger partial charge in [0.2, 0.25) is 0 Å². The summed E-state index contributed by atoms with van der Waals surface area (Å²) in [6.07, 6.45) is 0.507. The summed E-state index contributed by atoms with van der Waals surface area (Å²) < 4.78 is 5.11. The van der Waals surface area contributed by atoms with Gasteiger partial charge in [-0.25, -0.2) is 0 Å². The van der Waals surface area contributed by atoms with E-state index in [9.17, 15) is 9.90 Å². The normalized spacial score (nSPS) is 17.9. The van der Waals surface area contributed by atoms with E-state index in [4.69, 9.17) is 4.74 Å². The molecule has 0 bridgehead atoms. The van der Waals surface area contributed by atoms with Gasteiger partial charge in [0.15, 0.2) is 11.5 Å². The van der Waals surface area contributed by atoms with Gasteiger partial charge in [-0.15, -0.1) is 0 Å². The zero-order valence-corrected chi connectivity index (χ0v) is 14.1. The Morgan fingerprint density at radius 2 is 2.04 bits per heavy atom. The first kappa shape index (κ1) is 16.2. The first-order valence-corrected chi connectivity index (χ1v) is 8.12. The van der Waals surface area contributed by atoms with Crippen LogP contribution in [0.25, 0.3) is 0 Å². The summed E-state index contributed by atoms with van der Waals surface area (Å²) in [4.78, 5) is 14.8. The molecule has 24 heavy (non-hydrogen) atoms. The fraction of sp³-hybridized carbons (Fsp3) is 0.316. The smallest absolute Gasteiger partial charge is 0.258 e. The SMILES string of the molecule is CC[C@H](C)N1C(=O)c2ccccc2N[C@H]1c1ccc(OC)c(O)c1. The van der Waals surface area contributed by atoms with Crippen molar-refractivity contribution in [3.05, 3.63) is 53.6 Å². The summed E-state index contributed by atoms with van der Waals surface area (Å²) in [5.41, 5.74) is 2.30. The van der Waals surface area contributed by atoms with E-state index in [2.05, 4.69) is 12.2 Å².